The van der Waals surface area contributed by atoms with E-state index in [0.717, 1.165) is 39.3 Å². The lowest BCUT2D eigenvalue weighted by Gasteiger charge is -2.07. The molecule has 0 aromatic carbocycles. The Morgan fingerprint density at radius 2 is 0.634 bits per heavy atom. The zero-order valence-electron chi connectivity index (χ0n) is 28.0. The van der Waals surface area contributed by atoms with Crippen LogP contribution in [-0.2, 0) is 22.3 Å². The van der Waals surface area contributed by atoms with E-state index in [-0.39, 0.29) is 0 Å². The maximum absolute atomic E-state index is 5.97. The lowest BCUT2D eigenvalue weighted by molar-refractivity contribution is 0.129. The van der Waals surface area contributed by atoms with E-state index in [2.05, 4.69) is 24.6 Å². The second-order valence-electron chi connectivity index (χ2n) is 12.6. The van der Waals surface area contributed by atoms with Crippen molar-refractivity contribution < 1.29 is 9.47 Å². The Labute approximate surface area is 262 Å². The van der Waals surface area contributed by atoms with Crippen LogP contribution in [0.25, 0.3) is 0 Å². The summed E-state index contributed by atoms with van der Waals surface area (Å²) < 4.78 is 11.9. The number of rotatable bonds is 34. The standard InChI is InChI=1S/C38H72O2S/c1-3-5-7-9-11-13-15-17-19-21-23-25-27-31-39-33-29-37-35-41-36-38(37)30-34-40-32-28-26-24-22-20-18-16-14-12-10-8-6-4-2/h35-36H,3-34H2,1-2H3. The summed E-state index contributed by atoms with van der Waals surface area (Å²) in [4.78, 5) is 0. The van der Waals surface area contributed by atoms with Gasteiger partial charge in [-0.15, -0.1) is 0 Å². The van der Waals surface area contributed by atoms with Crippen LogP contribution in [0.3, 0.4) is 0 Å². The fraction of sp³-hybridized carbons (Fsp3) is 0.895. The van der Waals surface area contributed by atoms with E-state index in [1.807, 2.05) is 11.3 Å². The zero-order chi connectivity index (χ0) is 29.3. The zero-order valence-corrected chi connectivity index (χ0v) is 28.8. The summed E-state index contributed by atoms with van der Waals surface area (Å²) >= 11 is 1.83. The highest BCUT2D eigenvalue weighted by molar-refractivity contribution is 7.08. The number of hydrogen-bond donors (Lipinski definition) is 0. The number of thiophene rings is 1. The Hall–Kier alpha value is -0.380. The monoisotopic (exact) mass is 593 g/mol. The van der Waals surface area contributed by atoms with Crippen molar-refractivity contribution in [1.29, 1.82) is 0 Å². The lowest BCUT2D eigenvalue weighted by atomic mass is 10.0. The van der Waals surface area contributed by atoms with Crippen LogP contribution in [0.15, 0.2) is 10.8 Å². The summed E-state index contributed by atoms with van der Waals surface area (Å²) in [6.45, 7) is 8.18. The Morgan fingerprint density at radius 3 is 0.927 bits per heavy atom. The minimum absolute atomic E-state index is 0.863. The average Bonchev–Trinajstić information content (AvgIpc) is 3.43. The molecule has 0 saturated heterocycles. The van der Waals surface area contributed by atoms with Crippen LogP contribution in [0.2, 0.25) is 0 Å². The SMILES string of the molecule is CCCCCCCCCCCCCCCOCCc1cscc1CCOCCCCCCCCCCCCCCC. The third-order valence-corrected chi connectivity index (χ3v) is 9.49. The Kier molecular flexibility index (Phi) is 30.7. The van der Waals surface area contributed by atoms with E-state index >= 15 is 0 Å². The molecule has 1 aromatic rings. The summed E-state index contributed by atoms with van der Waals surface area (Å²) in [5.74, 6) is 0. The van der Waals surface area contributed by atoms with Crippen LogP contribution in [0.5, 0.6) is 0 Å². The first-order valence-corrected chi connectivity index (χ1v) is 19.5. The second-order valence-corrected chi connectivity index (χ2v) is 13.4. The van der Waals surface area contributed by atoms with Crippen LogP contribution in [0.1, 0.15) is 192 Å². The molecule has 1 rings (SSSR count). The normalized spacial score (nSPS) is 11.6. The van der Waals surface area contributed by atoms with Crippen LogP contribution in [0.4, 0.5) is 0 Å². The van der Waals surface area contributed by atoms with E-state index in [1.165, 1.54) is 178 Å². The maximum Gasteiger partial charge on any atom is 0.0506 e. The van der Waals surface area contributed by atoms with Gasteiger partial charge in [0.05, 0.1) is 13.2 Å². The summed E-state index contributed by atoms with van der Waals surface area (Å²) in [5.41, 5.74) is 2.95. The molecule has 2 nitrogen and oxygen atoms in total. The highest BCUT2D eigenvalue weighted by Crippen LogP contribution is 2.18. The van der Waals surface area contributed by atoms with Crippen molar-refractivity contribution in [3.05, 3.63) is 21.9 Å². The van der Waals surface area contributed by atoms with Gasteiger partial charge in [0, 0.05) is 13.2 Å². The minimum atomic E-state index is 0.863. The largest absolute Gasteiger partial charge is 0.381 e. The molecule has 0 atom stereocenters. The molecule has 0 amide bonds. The maximum atomic E-state index is 5.97. The minimum Gasteiger partial charge on any atom is -0.381 e. The quantitative estimate of drug-likeness (QED) is 0.0741. The van der Waals surface area contributed by atoms with E-state index in [9.17, 15) is 0 Å². The molecule has 0 spiro atoms. The van der Waals surface area contributed by atoms with Crippen LogP contribution >= 0.6 is 11.3 Å². The van der Waals surface area contributed by atoms with Crippen molar-refractivity contribution in [3.63, 3.8) is 0 Å². The summed E-state index contributed by atoms with van der Waals surface area (Å²) in [7, 11) is 0. The lowest BCUT2D eigenvalue weighted by Crippen LogP contribution is -2.04. The van der Waals surface area contributed by atoms with Crippen LogP contribution < -0.4 is 0 Å². The molecule has 0 aliphatic carbocycles. The van der Waals surface area contributed by atoms with Gasteiger partial charge in [-0.2, -0.15) is 11.3 Å². The first-order valence-electron chi connectivity index (χ1n) is 18.6. The van der Waals surface area contributed by atoms with Gasteiger partial charge in [0.15, 0.2) is 0 Å². The molecule has 0 unspecified atom stereocenters. The molecule has 0 N–H and O–H groups in total. The molecule has 1 aromatic heterocycles. The number of ether oxygens (including phenoxy) is 2. The van der Waals surface area contributed by atoms with Gasteiger partial charge in [0.2, 0.25) is 0 Å². The van der Waals surface area contributed by atoms with Crippen LogP contribution in [-0.4, -0.2) is 26.4 Å². The van der Waals surface area contributed by atoms with E-state index < -0.39 is 0 Å². The number of unbranched alkanes of at least 4 members (excludes halogenated alkanes) is 24. The van der Waals surface area contributed by atoms with Crippen LogP contribution in [0, 0.1) is 0 Å². The van der Waals surface area contributed by atoms with Gasteiger partial charge >= 0.3 is 0 Å². The molecule has 0 bridgehead atoms. The predicted octanol–water partition coefficient (Wildman–Crippen LogP) is 13.0. The van der Waals surface area contributed by atoms with Crippen molar-refractivity contribution in [3.8, 4) is 0 Å². The molecule has 3 heteroatoms. The molecule has 0 saturated carbocycles. The third-order valence-electron chi connectivity index (χ3n) is 8.65. The second kappa shape index (κ2) is 32.5. The highest BCUT2D eigenvalue weighted by Gasteiger charge is 2.04. The van der Waals surface area contributed by atoms with E-state index in [0.29, 0.717) is 0 Å². The Balaban J connectivity index is 1.82. The Morgan fingerprint density at radius 1 is 0.366 bits per heavy atom. The van der Waals surface area contributed by atoms with Gasteiger partial charge in [-0.05, 0) is 47.6 Å². The van der Waals surface area contributed by atoms with Crippen molar-refractivity contribution in [2.24, 2.45) is 0 Å². The molecule has 1 heterocycles. The summed E-state index contributed by atoms with van der Waals surface area (Å²) in [6, 6.07) is 0. The molecule has 0 aliphatic rings. The average molecular weight is 593 g/mol. The summed E-state index contributed by atoms with van der Waals surface area (Å²) in [6.07, 6.45) is 38.6. The Bertz CT molecular complexity index is 563. The van der Waals surface area contributed by atoms with Gasteiger partial charge in [0.1, 0.15) is 0 Å². The highest BCUT2D eigenvalue weighted by atomic mass is 32.1. The van der Waals surface area contributed by atoms with Gasteiger partial charge in [-0.1, -0.05) is 168 Å². The van der Waals surface area contributed by atoms with Crippen molar-refractivity contribution in [2.75, 3.05) is 26.4 Å². The van der Waals surface area contributed by atoms with Crippen molar-refractivity contribution >= 4 is 11.3 Å². The molecular formula is C38H72O2S. The topological polar surface area (TPSA) is 18.5 Å². The molecule has 0 fully saturated rings. The van der Waals surface area contributed by atoms with E-state index in [4.69, 9.17) is 9.47 Å². The summed E-state index contributed by atoms with van der Waals surface area (Å²) in [5, 5.41) is 4.63. The van der Waals surface area contributed by atoms with Gasteiger partial charge < -0.3 is 9.47 Å². The van der Waals surface area contributed by atoms with Gasteiger partial charge in [-0.3, -0.25) is 0 Å². The third kappa shape index (κ3) is 26.9. The molecule has 41 heavy (non-hydrogen) atoms. The number of hydrogen-bond acceptors (Lipinski definition) is 3. The van der Waals surface area contributed by atoms with Gasteiger partial charge in [-0.25, -0.2) is 0 Å². The van der Waals surface area contributed by atoms with Crippen molar-refractivity contribution in [2.45, 2.75) is 194 Å². The first kappa shape index (κ1) is 38.6. The van der Waals surface area contributed by atoms with E-state index in [1.54, 1.807) is 0 Å². The van der Waals surface area contributed by atoms with Gasteiger partial charge in [0.25, 0.3) is 0 Å². The fourth-order valence-corrected chi connectivity index (χ4v) is 6.74. The first-order chi connectivity index (χ1) is 20.4. The van der Waals surface area contributed by atoms with Crippen molar-refractivity contribution in [1.82, 2.24) is 0 Å². The molecule has 0 radical (unpaired) electrons. The molecule has 242 valence electrons. The fourth-order valence-electron chi connectivity index (χ4n) is 5.80. The smallest absolute Gasteiger partial charge is 0.0506 e. The molecular weight excluding hydrogens is 520 g/mol. The molecule has 0 aliphatic heterocycles. The predicted molar refractivity (Wildman–Crippen MR) is 185 cm³/mol.